The summed E-state index contributed by atoms with van der Waals surface area (Å²) >= 11 is 1.66. The van der Waals surface area contributed by atoms with E-state index < -0.39 is 5.82 Å². The van der Waals surface area contributed by atoms with Gasteiger partial charge in [0.15, 0.2) is 0 Å². The van der Waals surface area contributed by atoms with Crippen LogP contribution in [0.15, 0.2) is 29.6 Å². The summed E-state index contributed by atoms with van der Waals surface area (Å²) in [5, 5.41) is 8.78. The number of nitrogens with zero attached hydrogens (tertiary/aromatic N) is 2. The van der Waals surface area contributed by atoms with Gasteiger partial charge in [-0.2, -0.15) is 0 Å². The molecule has 1 aromatic carbocycles. The first-order valence-corrected chi connectivity index (χ1v) is 11.0. The number of amides is 3. The van der Waals surface area contributed by atoms with Gasteiger partial charge in [-0.05, 0) is 37.8 Å². The minimum Gasteiger partial charge on any atom is -0.355 e. The lowest BCUT2D eigenvalue weighted by atomic mass is 9.98. The Morgan fingerprint density at radius 2 is 1.93 bits per heavy atom. The molecular weight excluding hydrogens is 391 g/mol. The first-order valence-electron chi connectivity index (χ1n) is 10.1. The summed E-state index contributed by atoms with van der Waals surface area (Å²) in [6, 6.07) is 5.92. The number of likely N-dealkylation sites (tertiary alicyclic amines) is 1. The Hall–Kier alpha value is -2.48. The van der Waals surface area contributed by atoms with Gasteiger partial charge in [-0.3, -0.25) is 4.79 Å². The van der Waals surface area contributed by atoms with Crippen molar-refractivity contribution in [2.75, 3.05) is 25.0 Å². The molecule has 4 rings (SSSR count). The first kappa shape index (κ1) is 19.8. The number of thiazole rings is 1. The monoisotopic (exact) mass is 416 g/mol. The van der Waals surface area contributed by atoms with Crippen LogP contribution in [0.1, 0.15) is 42.3 Å². The van der Waals surface area contributed by atoms with Crippen LogP contribution in [0.2, 0.25) is 0 Å². The number of aromatic nitrogens is 1. The maximum Gasteiger partial charge on any atom is 0.321 e. The van der Waals surface area contributed by atoms with Gasteiger partial charge in [-0.25, -0.2) is 14.2 Å². The van der Waals surface area contributed by atoms with E-state index >= 15 is 0 Å². The highest BCUT2D eigenvalue weighted by Crippen LogP contribution is 2.31. The van der Waals surface area contributed by atoms with E-state index in [1.54, 1.807) is 34.4 Å². The summed E-state index contributed by atoms with van der Waals surface area (Å²) in [5.74, 6) is 0.315. The summed E-state index contributed by atoms with van der Waals surface area (Å²) in [6.45, 7) is 1.88. The fourth-order valence-corrected chi connectivity index (χ4v) is 4.54. The molecule has 0 unspecified atom stereocenters. The predicted octanol–water partition coefficient (Wildman–Crippen LogP) is 3.76. The Kier molecular flexibility index (Phi) is 6.08. The van der Waals surface area contributed by atoms with E-state index in [1.807, 2.05) is 0 Å². The molecule has 2 fully saturated rings. The molecule has 6 nitrogen and oxygen atoms in total. The highest BCUT2D eigenvalue weighted by Gasteiger charge is 2.29. The second-order valence-corrected chi connectivity index (χ2v) is 8.55. The lowest BCUT2D eigenvalue weighted by Gasteiger charge is -2.31. The van der Waals surface area contributed by atoms with Gasteiger partial charge in [0.25, 0.3) is 0 Å². The van der Waals surface area contributed by atoms with Crippen LogP contribution in [0.25, 0.3) is 0 Å². The third-order valence-corrected chi connectivity index (χ3v) is 6.50. The molecule has 29 heavy (non-hydrogen) atoms. The van der Waals surface area contributed by atoms with Gasteiger partial charge in [0.1, 0.15) is 5.82 Å². The van der Waals surface area contributed by atoms with Crippen molar-refractivity contribution < 1.29 is 14.0 Å². The average Bonchev–Trinajstić information content (AvgIpc) is 3.48. The molecule has 1 aliphatic heterocycles. The van der Waals surface area contributed by atoms with E-state index in [-0.39, 0.29) is 23.5 Å². The standard InChI is InChI=1S/C21H25FN4O2S/c22-17-3-1-2-4-18(17)25-21(28)26-11-8-15(9-12-26)20-24-16(13-29-20)7-10-23-19(27)14-5-6-14/h1-4,13-15H,5-12H2,(H,23,27)(H,25,28). The number of nitrogens with one attached hydrogen (secondary N) is 2. The zero-order valence-corrected chi connectivity index (χ0v) is 17.0. The predicted molar refractivity (Wildman–Crippen MR) is 111 cm³/mol. The Labute approximate surface area is 173 Å². The summed E-state index contributed by atoms with van der Waals surface area (Å²) < 4.78 is 13.7. The number of carbonyl (C=O) groups excluding carboxylic acids is 2. The molecule has 0 radical (unpaired) electrons. The third kappa shape index (κ3) is 5.12. The van der Waals surface area contributed by atoms with Gasteiger partial charge in [0, 0.05) is 43.3 Å². The van der Waals surface area contributed by atoms with Crippen molar-refractivity contribution in [2.24, 2.45) is 5.92 Å². The maximum atomic E-state index is 13.7. The molecule has 0 bridgehead atoms. The van der Waals surface area contributed by atoms with Crippen LogP contribution in [0.3, 0.4) is 0 Å². The van der Waals surface area contributed by atoms with Gasteiger partial charge in [-0.15, -0.1) is 11.3 Å². The van der Waals surface area contributed by atoms with Gasteiger partial charge >= 0.3 is 6.03 Å². The lowest BCUT2D eigenvalue weighted by molar-refractivity contribution is -0.122. The molecule has 3 amide bonds. The topological polar surface area (TPSA) is 74.3 Å². The van der Waals surface area contributed by atoms with Crippen LogP contribution >= 0.6 is 11.3 Å². The van der Waals surface area contributed by atoms with E-state index in [2.05, 4.69) is 16.0 Å². The van der Waals surface area contributed by atoms with Gasteiger partial charge < -0.3 is 15.5 Å². The van der Waals surface area contributed by atoms with Crippen molar-refractivity contribution in [2.45, 2.75) is 38.0 Å². The first-order chi connectivity index (χ1) is 14.1. The number of urea groups is 1. The normalized spacial score (nSPS) is 17.2. The quantitative estimate of drug-likeness (QED) is 0.753. The van der Waals surface area contributed by atoms with Gasteiger partial charge in [0.2, 0.25) is 5.91 Å². The van der Waals surface area contributed by atoms with Crippen molar-refractivity contribution in [1.82, 2.24) is 15.2 Å². The fourth-order valence-electron chi connectivity index (χ4n) is 3.51. The second-order valence-electron chi connectivity index (χ2n) is 7.66. The number of hydrogen-bond acceptors (Lipinski definition) is 4. The van der Waals surface area contributed by atoms with Crippen LogP contribution in [0.5, 0.6) is 0 Å². The average molecular weight is 417 g/mol. The highest BCUT2D eigenvalue weighted by molar-refractivity contribution is 7.09. The molecule has 0 spiro atoms. The van der Waals surface area contributed by atoms with Crippen molar-refractivity contribution in [1.29, 1.82) is 0 Å². The third-order valence-electron chi connectivity index (χ3n) is 5.44. The Morgan fingerprint density at radius 1 is 1.17 bits per heavy atom. The van der Waals surface area contributed by atoms with Gasteiger partial charge in [-0.1, -0.05) is 12.1 Å². The number of carbonyl (C=O) groups is 2. The van der Waals surface area contributed by atoms with E-state index in [0.717, 1.165) is 42.8 Å². The van der Waals surface area contributed by atoms with E-state index in [9.17, 15) is 14.0 Å². The number of piperidine rings is 1. The molecule has 154 valence electrons. The number of anilines is 1. The number of benzene rings is 1. The van der Waals surface area contributed by atoms with Crippen molar-refractivity contribution in [3.8, 4) is 0 Å². The molecule has 1 saturated heterocycles. The molecule has 8 heteroatoms. The fraction of sp³-hybridized carbons (Fsp3) is 0.476. The number of rotatable bonds is 6. The van der Waals surface area contributed by atoms with Crippen LogP contribution in [0.4, 0.5) is 14.9 Å². The maximum absolute atomic E-state index is 13.7. The highest BCUT2D eigenvalue weighted by atomic mass is 32.1. The number of para-hydroxylation sites is 1. The Morgan fingerprint density at radius 3 is 2.66 bits per heavy atom. The summed E-state index contributed by atoms with van der Waals surface area (Å²) in [7, 11) is 0. The van der Waals surface area contributed by atoms with Crippen LogP contribution in [-0.4, -0.2) is 41.5 Å². The molecule has 2 heterocycles. The SMILES string of the molecule is O=C(NCCc1csc(C2CCN(C(=O)Nc3ccccc3F)CC2)n1)C1CC1. The molecular formula is C21H25FN4O2S. The Balaban J connectivity index is 1.23. The minimum atomic E-state index is -0.431. The Bertz CT molecular complexity index is 875. The molecule has 0 atom stereocenters. The van der Waals surface area contributed by atoms with Crippen LogP contribution in [-0.2, 0) is 11.2 Å². The van der Waals surface area contributed by atoms with E-state index in [0.29, 0.717) is 25.6 Å². The summed E-state index contributed by atoms with van der Waals surface area (Å²) in [5.41, 5.74) is 1.22. The van der Waals surface area contributed by atoms with Crippen molar-refractivity contribution >= 4 is 29.0 Å². The molecule has 1 aliphatic carbocycles. The van der Waals surface area contributed by atoms with Crippen molar-refractivity contribution in [3.05, 3.63) is 46.2 Å². The van der Waals surface area contributed by atoms with Gasteiger partial charge in [0.05, 0.1) is 16.4 Å². The molecule has 2 N–H and O–H groups in total. The zero-order valence-electron chi connectivity index (χ0n) is 16.2. The smallest absolute Gasteiger partial charge is 0.321 e. The number of hydrogen-bond donors (Lipinski definition) is 2. The molecule has 1 aromatic heterocycles. The van der Waals surface area contributed by atoms with Crippen LogP contribution < -0.4 is 10.6 Å². The summed E-state index contributed by atoms with van der Waals surface area (Å²) in [6.07, 6.45) is 4.47. The van der Waals surface area contributed by atoms with E-state index in [4.69, 9.17) is 4.98 Å². The summed E-state index contributed by atoms with van der Waals surface area (Å²) in [4.78, 5) is 30.5. The zero-order chi connectivity index (χ0) is 20.2. The molecule has 2 aromatic rings. The molecule has 1 saturated carbocycles. The largest absolute Gasteiger partial charge is 0.355 e. The second kappa shape index (κ2) is 8.90. The van der Waals surface area contributed by atoms with Crippen LogP contribution in [0, 0.1) is 11.7 Å². The lowest BCUT2D eigenvalue weighted by Crippen LogP contribution is -2.40. The molecule has 2 aliphatic rings. The van der Waals surface area contributed by atoms with E-state index in [1.165, 1.54) is 6.07 Å². The number of halogens is 1. The minimum absolute atomic E-state index is 0.168. The van der Waals surface area contributed by atoms with Crippen molar-refractivity contribution in [3.63, 3.8) is 0 Å².